The van der Waals surface area contributed by atoms with E-state index < -0.39 is 17.9 Å². The van der Waals surface area contributed by atoms with Crippen LogP contribution in [0.25, 0.3) is 0 Å². The normalized spacial score (nSPS) is 15.7. The zero-order valence-corrected chi connectivity index (χ0v) is 27.2. The van der Waals surface area contributed by atoms with Crippen LogP contribution in [0.3, 0.4) is 0 Å². The minimum absolute atomic E-state index is 0. The molecule has 1 saturated carbocycles. The molecule has 3 rings (SSSR count). The second kappa shape index (κ2) is 21.4. The second-order valence-corrected chi connectivity index (χ2v) is 9.54. The molecule has 0 spiro atoms. The molecule has 0 bridgehead atoms. The van der Waals surface area contributed by atoms with Gasteiger partial charge in [0, 0.05) is 19.3 Å². The Hall–Kier alpha value is -2.25. The number of rotatable bonds is 14. The fraction of sp³-hybridized carbons (Fsp3) is 0.467. The van der Waals surface area contributed by atoms with E-state index in [1.807, 2.05) is 0 Å². The van der Waals surface area contributed by atoms with E-state index in [9.17, 15) is 19.2 Å². The number of methoxy groups -OCH3 is 1. The Morgan fingerprint density at radius 2 is 1.10 bits per heavy atom. The summed E-state index contributed by atoms with van der Waals surface area (Å²) in [5.74, 6) is -0.815. The van der Waals surface area contributed by atoms with Gasteiger partial charge in [-0.3, -0.25) is 4.79 Å². The van der Waals surface area contributed by atoms with Crippen molar-refractivity contribution in [1.82, 2.24) is 0 Å². The van der Waals surface area contributed by atoms with Gasteiger partial charge in [0.15, 0.2) is 5.78 Å². The predicted molar refractivity (Wildman–Crippen MR) is 150 cm³/mol. The number of esters is 3. The van der Waals surface area contributed by atoms with Gasteiger partial charge >= 0.3 is 47.5 Å². The predicted octanol–water partition coefficient (Wildman–Crippen LogP) is 1.20. The largest absolute Gasteiger partial charge is 1.01 e. The van der Waals surface area contributed by atoms with Crippen molar-refractivity contribution in [2.75, 3.05) is 46.8 Å². The summed E-state index contributed by atoms with van der Waals surface area (Å²) in [6.07, 6.45) is 4.16. The third-order valence-corrected chi connectivity index (χ3v) is 6.58. The van der Waals surface area contributed by atoms with Crippen molar-refractivity contribution >= 4 is 36.6 Å². The molecule has 2 aromatic carbocycles. The monoisotopic (exact) mass is 611 g/mol. The van der Waals surface area contributed by atoms with Crippen molar-refractivity contribution in [3.05, 3.63) is 70.8 Å². The molecule has 224 valence electrons. The Kier molecular flexibility index (Phi) is 19.3. The van der Waals surface area contributed by atoms with Crippen LogP contribution in [-0.2, 0) is 36.6 Å². The maximum Gasteiger partial charge on any atom is 1.00 e. The standard InChI is InChI=1S/C30H36O9.Na.OS/c1-21(31)24-5-3-6-25(17-24)28(32)37-15-13-36-14-16-38-29(33)26-7-4-8-27(18-26)30(34)39-20-23-11-9-22(10-12-23)19-35-2;;1-2/h3-8,17-18,22-23H,9-16,19-20H2,1-2H3;;/q;+1;-2. The molecule has 12 heteroatoms. The summed E-state index contributed by atoms with van der Waals surface area (Å²) in [5.41, 5.74) is 1.25. The first-order valence-corrected chi connectivity index (χ1v) is 13.7. The van der Waals surface area contributed by atoms with E-state index in [0.29, 0.717) is 29.6 Å². The zero-order chi connectivity index (χ0) is 30.0. The minimum Gasteiger partial charge on any atom is -1.01 e. The molecule has 0 aromatic heterocycles. The van der Waals surface area contributed by atoms with E-state index in [2.05, 4.69) is 12.9 Å². The first-order chi connectivity index (χ1) is 19.9. The molecule has 0 radical (unpaired) electrons. The SMILES string of the molecule is COCC1CCC(COC(=O)c2cccc(C(=O)OCCOCCOC(=O)c3cccc(C(C)=O)c3)c2)CC1.[Na+].[O-][S-]. The molecule has 10 nitrogen and oxygen atoms in total. The Balaban J connectivity index is 0.00000288. The number of hydrogen-bond acceptors (Lipinski definition) is 11. The van der Waals surface area contributed by atoms with Crippen molar-refractivity contribution in [2.24, 2.45) is 11.8 Å². The molecule has 2 aromatic rings. The first kappa shape index (κ1) is 37.8. The third-order valence-electron chi connectivity index (χ3n) is 6.58. The quantitative estimate of drug-likeness (QED) is 0.0761. The van der Waals surface area contributed by atoms with E-state index >= 15 is 0 Å². The Morgan fingerprint density at radius 3 is 1.55 bits per heavy atom. The van der Waals surface area contributed by atoms with Crippen molar-refractivity contribution in [3.63, 3.8) is 0 Å². The third kappa shape index (κ3) is 13.4. The van der Waals surface area contributed by atoms with Gasteiger partial charge in [-0.25, -0.2) is 14.4 Å². The Bertz CT molecular complexity index is 1130. The molecule has 0 amide bonds. The van der Waals surface area contributed by atoms with Gasteiger partial charge in [-0.05, 0) is 74.8 Å². The summed E-state index contributed by atoms with van der Waals surface area (Å²) in [7, 11) is 1.72. The van der Waals surface area contributed by atoms with Gasteiger partial charge in [-0.2, -0.15) is 0 Å². The van der Waals surface area contributed by atoms with Gasteiger partial charge in [-0.1, -0.05) is 18.2 Å². The first-order valence-electron chi connectivity index (χ1n) is 13.3. The Morgan fingerprint density at radius 1 is 0.690 bits per heavy atom. The summed E-state index contributed by atoms with van der Waals surface area (Å²) in [5, 5.41) is 0. The van der Waals surface area contributed by atoms with Gasteiger partial charge < -0.3 is 41.1 Å². The van der Waals surface area contributed by atoms with Crippen LogP contribution in [0.15, 0.2) is 48.5 Å². The van der Waals surface area contributed by atoms with Crippen molar-refractivity contribution in [2.45, 2.75) is 32.6 Å². The number of hydrogen-bond donors (Lipinski definition) is 0. The van der Waals surface area contributed by atoms with Crippen molar-refractivity contribution < 1.29 is 77.0 Å². The maximum absolute atomic E-state index is 12.5. The van der Waals surface area contributed by atoms with Gasteiger partial charge in [0.25, 0.3) is 0 Å². The second-order valence-electron chi connectivity index (χ2n) is 9.54. The zero-order valence-electron chi connectivity index (χ0n) is 24.3. The molecule has 1 aliphatic rings. The van der Waals surface area contributed by atoms with E-state index in [1.54, 1.807) is 43.5 Å². The molecule has 0 aliphatic heterocycles. The average Bonchev–Trinajstić information content (AvgIpc) is 3.01. The fourth-order valence-electron chi connectivity index (χ4n) is 4.37. The van der Waals surface area contributed by atoms with Crippen LogP contribution in [0.4, 0.5) is 0 Å². The van der Waals surface area contributed by atoms with Crippen LogP contribution in [-0.4, -0.2) is 75.0 Å². The molecular formula is C30H36NaO10S-. The van der Waals surface area contributed by atoms with Crippen LogP contribution in [0.1, 0.15) is 74.0 Å². The summed E-state index contributed by atoms with van der Waals surface area (Å²) < 4.78 is 34.3. The molecule has 0 heterocycles. The van der Waals surface area contributed by atoms with Crippen LogP contribution in [0.2, 0.25) is 0 Å². The topological polar surface area (TPSA) is 137 Å². The number of carbonyl (C=O) groups excluding carboxylic acids is 4. The summed E-state index contributed by atoms with van der Waals surface area (Å²) in [4.78, 5) is 48.4. The summed E-state index contributed by atoms with van der Waals surface area (Å²) >= 11 is 2.83. The van der Waals surface area contributed by atoms with Crippen LogP contribution in [0.5, 0.6) is 0 Å². The van der Waals surface area contributed by atoms with E-state index in [4.69, 9.17) is 28.2 Å². The molecule has 42 heavy (non-hydrogen) atoms. The molecule has 0 N–H and O–H groups in total. The van der Waals surface area contributed by atoms with Crippen LogP contribution >= 0.6 is 0 Å². The van der Waals surface area contributed by atoms with Crippen molar-refractivity contribution in [1.29, 1.82) is 0 Å². The summed E-state index contributed by atoms with van der Waals surface area (Å²) in [6, 6.07) is 12.5. The van der Waals surface area contributed by atoms with Crippen LogP contribution in [0, 0.1) is 11.8 Å². The van der Waals surface area contributed by atoms with Gasteiger partial charge in [0.2, 0.25) is 0 Å². The number of carbonyl (C=O) groups is 4. The minimum atomic E-state index is -0.582. The number of ether oxygens (including phenoxy) is 5. The Labute approximate surface area is 274 Å². The molecule has 1 aliphatic carbocycles. The smallest absolute Gasteiger partial charge is 1.00 e. The van der Waals surface area contributed by atoms with E-state index in [0.717, 1.165) is 32.3 Å². The van der Waals surface area contributed by atoms with E-state index in [1.165, 1.54) is 19.1 Å². The van der Waals surface area contributed by atoms with Crippen LogP contribution < -0.4 is 29.6 Å². The van der Waals surface area contributed by atoms with Gasteiger partial charge in [-0.15, -0.1) is 0 Å². The molecular weight excluding hydrogens is 575 g/mol. The molecule has 0 atom stereocenters. The van der Waals surface area contributed by atoms with Gasteiger partial charge in [0.05, 0.1) is 36.5 Å². The fourth-order valence-corrected chi connectivity index (χ4v) is 4.37. The number of benzene rings is 2. The molecule has 1 fully saturated rings. The van der Waals surface area contributed by atoms with E-state index in [-0.39, 0.29) is 72.9 Å². The summed E-state index contributed by atoms with van der Waals surface area (Å²) in [6.45, 7) is 2.79. The van der Waals surface area contributed by atoms with Gasteiger partial charge in [0.1, 0.15) is 13.2 Å². The van der Waals surface area contributed by atoms with Crippen molar-refractivity contribution in [3.8, 4) is 0 Å². The molecule has 0 unspecified atom stereocenters. The number of Topliss-reactive ketones (excluding diaryl/α,β-unsaturated/α-hetero) is 1. The maximum atomic E-state index is 12.5. The molecule has 0 saturated heterocycles. The average molecular weight is 612 g/mol. The number of ketones is 1.